The predicted octanol–water partition coefficient (Wildman–Crippen LogP) is 3.29. The molecule has 2 aromatic rings. The van der Waals surface area contributed by atoms with Crippen LogP contribution in [0.3, 0.4) is 0 Å². The fourth-order valence-electron chi connectivity index (χ4n) is 3.06. The van der Waals surface area contributed by atoms with E-state index in [-0.39, 0.29) is 29.4 Å². The van der Waals surface area contributed by atoms with Gasteiger partial charge in [-0.2, -0.15) is 0 Å². The molecule has 2 atom stereocenters. The maximum atomic E-state index is 15.1. The normalized spacial score (nSPS) is 17.6. The Morgan fingerprint density at radius 3 is 2.54 bits per heavy atom. The van der Waals surface area contributed by atoms with Gasteiger partial charge < -0.3 is 15.9 Å². The van der Waals surface area contributed by atoms with E-state index in [0.717, 1.165) is 12.8 Å². The van der Waals surface area contributed by atoms with E-state index in [1.807, 2.05) is 0 Å². The Balaban J connectivity index is 2.22. The first-order valence-corrected chi connectivity index (χ1v) is 8.77. The van der Waals surface area contributed by atoms with Crippen molar-refractivity contribution in [1.82, 2.24) is 4.98 Å². The molecule has 7 heteroatoms. The molecule has 26 heavy (non-hydrogen) atoms. The van der Waals surface area contributed by atoms with E-state index in [0.29, 0.717) is 10.6 Å². The highest BCUT2D eigenvalue weighted by Gasteiger charge is 2.46. The molecule has 0 saturated heterocycles. The molecule has 0 radical (unpaired) electrons. The Morgan fingerprint density at radius 1 is 1.42 bits per heavy atom. The summed E-state index contributed by atoms with van der Waals surface area (Å²) < 4.78 is 15.1. The first-order chi connectivity index (χ1) is 12.3. The SMILES string of the molecule is CC(C(=O)O)c1cc(C(O)(CN)C2CC2)nc(-c2ccc(Cl)cc2)c1F. The van der Waals surface area contributed by atoms with Crippen molar-refractivity contribution in [2.45, 2.75) is 31.3 Å². The number of hydrogen-bond acceptors (Lipinski definition) is 4. The van der Waals surface area contributed by atoms with Crippen molar-refractivity contribution in [3.63, 3.8) is 0 Å². The van der Waals surface area contributed by atoms with Crippen molar-refractivity contribution >= 4 is 17.6 Å². The largest absolute Gasteiger partial charge is 0.481 e. The van der Waals surface area contributed by atoms with Crippen LogP contribution in [0.2, 0.25) is 5.02 Å². The second-order valence-corrected chi connectivity index (χ2v) is 7.17. The van der Waals surface area contributed by atoms with Crippen LogP contribution >= 0.6 is 11.6 Å². The van der Waals surface area contributed by atoms with Crippen LogP contribution in [0.4, 0.5) is 4.39 Å². The van der Waals surface area contributed by atoms with Crippen molar-refractivity contribution in [2.24, 2.45) is 11.7 Å². The molecule has 0 aliphatic heterocycles. The lowest BCUT2D eigenvalue weighted by Gasteiger charge is -2.27. The third kappa shape index (κ3) is 3.32. The third-order valence-corrected chi connectivity index (χ3v) is 5.20. The lowest BCUT2D eigenvalue weighted by Crippen LogP contribution is -2.38. The van der Waals surface area contributed by atoms with Gasteiger partial charge in [-0.1, -0.05) is 23.7 Å². The molecule has 0 amide bonds. The number of hydrogen-bond donors (Lipinski definition) is 3. The van der Waals surface area contributed by atoms with E-state index in [2.05, 4.69) is 4.98 Å². The van der Waals surface area contributed by atoms with Crippen LogP contribution < -0.4 is 5.73 Å². The average molecular weight is 379 g/mol. The molecule has 0 bridgehead atoms. The van der Waals surface area contributed by atoms with Crippen molar-refractivity contribution in [3.8, 4) is 11.3 Å². The van der Waals surface area contributed by atoms with Crippen molar-refractivity contribution < 1.29 is 19.4 Å². The molecule has 1 heterocycles. The zero-order chi connectivity index (χ0) is 19.1. The standard InChI is InChI=1S/C19H20ClFN2O3/c1-10(18(24)25)14-8-15(19(26,9-22)12-4-5-12)23-17(16(14)21)11-2-6-13(20)7-3-11/h2-3,6-8,10,12,26H,4-5,9,22H2,1H3,(H,24,25). The van der Waals surface area contributed by atoms with Gasteiger partial charge in [0, 0.05) is 22.7 Å². The topological polar surface area (TPSA) is 96.4 Å². The van der Waals surface area contributed by atoms with Crippen LogP contribution in [0, 0.1) is 11.7 Å². The second kappa shape index (κ2) is 6.95. The average Bonchev–Trinajstić information content (AvgIpc) is 3.47. The minimum atomic E-state index is -1.40. The van der Waals surface area contributed by atoms with Crippen LogP contribution in [-0.2, 0) is 10.4 Å². The number of carbonyl (C=O) groups is 1. The summed E-state index contributed by atoms with van der Waals surface area (Å²) in [6.07, 6.45) is 1.60. The number of benzene rings is 1. The summed E-state index contributed by atoms with van der Waals surface area (Å²) in [4.78, 5) is 15.8. The van der Waals surface area contributed by atoms with Crippen molar-refractivity contribution in [2.75, 3.05) is 6.54 Å². The number of nitrogens with two attached hydrogens (primary N) is 1. The summed E-state index contributed by atoms with van der Waals surface area (Å²) in [6, 6.07) is 7.73. The van der Waals surface area contributed by atoms with Gasteiger partial charge in [-0.15, -0.1) is 0 Å². The van der Waals surface area contributed by atoms with Gasteiger partial charge in [0.25, 0.3) is 0 Å². The molecule has 4 N–H and O–H groups in total. The summed E-state index contributed by atoms with van der Waals surface area (Å²) in [5.74, 6) is -3.03. The van der Waals surface area contributed by atoms with Gasteiger partial charge in [0.05, 0.1) is 11.6 Å². The fraction of sp³-hybridized carbons (Fsp3) is 0.368. The van der Waals surface area contributed by atoms with E-state index >= 15 is 4.39 Å². The van der Waals surface area contributed by atoms with Gasteiger partial charge in [-0.05, 0) is 43.9 Å². The summed E-state index contributed by atoms with van der Waals surface area (Å²) in [5.41, 5.74) is 5.00. The molecular weight excluding hydrogens is 359 g/mol. The van der Waals surface area contributed by atoms with E-state index in [9.17, 15) is 15.0 Å². The highest BCUT2D eigenvalue weighted by Crippen LogP contribution is 2.45. The molecule has 1 aliphatic carbocycles. The Morgan fingerprint density at radius 2 is 2.04 bits per heavy atom. The van der Waals surface area contributed by atoms with E-state index in [1.54, 1.807) is 24.3 Å². The minimum absolute atomic E-state index is 0.0187. The van der Waals surface area contributed by atoms with Crippen LogP contribution in [0.25, 0.3) is 11.3 Å². The summed E-state index contributed by atoms with van der Waals surface area (Å²) in [5, 5.41) is 20.8. The molecule has 1 aliphatic rings. The number of pyridine rings is 1. The number of halogens is 2. The third-order valence-electron chi connectivity index (χ3n) is 4.95. The zero-order valence-electron chi connectivity index (χ0n) is 14.2. The number of nitrogens with zero attached hydrogens (tertiary/aromatic N) is 1. The van der Waals surface area contributed by atoms with E-state index in [1.165, 1.54) is 13.0 Å². The maximum Gasteiger partial charge on any atom is 0.310 e. The monoisotopic (exact) mass is 378 g/mol. The predicted molar refractivity (Wildman–Crippen MR) is 96.4 cm³/mol. The van der Waals surface area contributed by atoms with Gasteiger partial charge in [-0.25, -0.2) is 9.37 Å². The number of carboxylic acid groups (broad SMARTS) is 1. The maximum absolute atomic E-state index is 15.1. The van der Waals surface area contributed by atoms with Crippen LogP contribution in [0.15, 0.2) is 30.3 Å². The van der Waals surface area contributed by atoms with E-state index < -0.39 is 23.3 Å². The molecule has 1 aromatic heterocycles. The molecule has 3 rings (SSSR count). The number of aliphatic hydroxyl groups is 1. The van der Waals surface area contributed by atoms with E-state index in [4.69, 9.17) is 17.3 Å². The van der Waals surface area contributed by atoms with Gasteiger partial charge in [-0.3, -0.25) is 4.79 Å². The smallest absolute Gasteiger partial charge is 0.310 e. The number of aliphatic carboxylic acids is 1. The molecular formula is C19H20ClFN2O3. The van der Waals surface area contributed by atoms with Crippen molar-refractivity contribution in [3.05, 3.63) is 52.4 Å². The van der Waals surface area contributed by atoms with Gasteiger partial charge in [0.15, 0.2) is 5.82 Å². The molecule has 5 nitrogen and oxygen atoms in total. The summed E-state index contributed by atoms with van der Waals surface area (Å²) in [6.45, 7) is 1.33. The highest BCUT2D eigenvalue weighted by molar-refractivity contribution is 6.30. The lowest BCUT2D eigenvalue weighted by atomic mass is 9.89. The number of aromatic nitrogens is 1. The Labute approximate surface area is 155 Å². The molecule has 1 aromatic carbocycles. The van der Waals surface area contributed by atoms with Gasteiger partial charge >= 0.3 is 5.97 Å². The Bertz CT molecular complexity index is 839. The number of carboxylic acids is 1. The zero-order valence-corrected chi connectivity index (χ0v) is 15.0. The first kappa shape index (κ1) is 18.8. The van der Waals surface area contributed by atoms with Gasteiger partial charge in [0.2, 0.25) is 0 Å². The highest BCUT2D eigenvalue weighted by atomic mass is 35.5. The Kier molecular flexibility index (Phi) is 5.01. The van der Waals surface area contributed by atoms with Crippen LogP contribution in [0.1, 0.15) is 36.9 Å². The Hall–Kier alpha value is -2.02. The molecule has 0 spiro atoms. The quantitative estimate of drug-likeness (QED) is 0.716. The fourth-order valence-corrected chi connectivity index (χ4v) is 3.19. The molecule has 1 saturated carbocycles. The van der Waals surface area contributed by atoms with Crippen LogP contribution in [-0.4, -0.2) is 27.7 Å². The first-order valence-electron chi connectivity index (χ1n) is 8.40. The molecule has 2 unspecified atom stereocenters. The lowest BCUT2D eigenvalue weighted by molar-refractivity contribution is -0.138. The van der Waals surface area contributed by atoms with Crippen LogP contribution in [0.5, 0.6) is 0 Å². The summed E-state index contributed by atoms with van der Waals surface area (Å²) >= 11 is 5.89. The van der Waals surface area contributed by atoms with Crippen molar-refractivity contribution in [1.29, 1.82) is 0 Å². The van der Waals surface area contributed by atoms with Gasteiger partial charge in [0.1, 0.15) is 11.3 Å². The summed E-state index contributed by atoms with van der Waals surface area (Å²) in [7, 11) is 0. The second-order valence-electron chi connectivity index (χ2n) is 6.73. The minimum Gasteiger partial charge on any atom is -0.481 e. The number of rotatable bonds is 6. The molecule has 1 fully saturated rings. The molecule has 138 valence electrons.